The average molecular weight is 353 g/mol. The van der Waals surface area contributed by atoms with Crippen LogP contribution in [0.15, 0.2) is 45.6 Å². The number of nitrogens with two attached hydrogens (primary N) is 1. The molecule has 2 N–H and O–H groups in total. The number of hydrogen-bond donors (Lipinski definition) is 1. The summed E-state index contributed by atoms with van der Waals surface area (Å²) in [4.78, 5) is 16.8. The molecule has 124 valence electrons. The lowest BCUT2D eigenvalue weighted by atomic mass is 10.1. The molecular formula is C15H11N7O2S. The van der Waals surface area contributed by atoms with E-state index in [1.54, 1.807) is 35.6 Å². The number of tetrazole rings is 1. The van der Waals surface area contributed by atoms with Crippen LogP contribution in [0.5, 0.6) is 0 Å². The molecule has 0 radical (unpaired) electrons. The summed E-state index contributed by atoms with van der Waals surface area (Å²) in [6, 6.07) is 8.57. The number of benzene rings is 1. The van der Waals surface area contributed by atoms with Crippen LogP contribution in [0, 0.1) is 0 Å². The van der Waals surface area contributed by atoms with Crippen molar-refractivity contribution in [2.45, 2.75) is 6.54 Å². The second-order valence-corrected chi connectivity index (χ2v) is 5.89. The fraction of sp³-hybridized carbons (Fsp3) is 0.0667. The number of thiophene rings is 1. The summed E-state index contributed by atoms with van der Waals surface area (Å²) in [5, 5.41) is 20.1. The third kappa shape index (κ3) is 3.15. The molecule has 1 amide bonds. The zero-order valence-corrected chi connectivity index (χ0v) is 13.6. The van der Waals surface area contributed by atoms with Crippen molar-refractivity contribution in [1.29, 1.82) is 0 Å². The normalized spacial score (nSPS) is 10.9. The van der Waals surface area contributed by atoms with Crippen molar-refractivity contribution in [3.8, 4) is 22.8 Å². The largest absolute Gasteiger partial charge is 0.366 e. The van der Waals surface area contributed by atoms with Gasteiger partial charge < -0.3 is 10.3 Å². The molecule has 4 aromatic rings. The number of carbonyl (C=O) groups is 1. The first-order valence-electron chi connectivity index (χ1n) is 7.22. The van der Waals surface area contributed by atoms with Gasteiger partial charge in [0.15, 0.2) is 0 Å². The van der Waals surface area contributed by atoms with E-state index in [0.29, 0.717) is 23.1 Å². The summed E-state index contributed by atoms with van der Waals surface area (Å²) in [7, 11) is 0. The van der Waals surface area contributed by atoms with Gasteiger partial charge in [0.05, 0.1) is 0 Å². The highest BCUT2D eigenvalue weighted by Crippen LogP contribution is 2.19. The number of nitrogens with zero attached hydrogens (tertiary/aromatic N) is 6. The van der Waals surface area contributed by atoms with E-state index in [1.807, 2.05) is 16.8 Å². The van der Waals surface area contributed by atoms with Gasteiger partial charge in [0, 0.05) is 22.1 Å². The van der Waals surface area contributed by atoms with Gasteiger partial charge in [-0.05, 0) is 28.8 Å². The zero-order chi connectivity index (χ0) is 17.2. The Morgan fingerprint density at radius 1 is 1.16 bits per heavy atom. The summed E-state index contributed by atoms with van der Waals surface area (Å²) in [6.45, 7) is 0.212. The number of amides is 1. The van der Waals surface area contributed by atoms with Gasteiger partial charge in [-0.1, -0.05) is 17.3 Å². The molecule has 4 rings (SSSR count). The molecule has 0 aliphatic carbocycles. The average Bonchev–Trinajstić information content (AvgIpc) is 3.37. The highest BCUT2D eigenvalue weighted by atomic mass is 32.1. The smallest absolute Gasteiger partial charge is 0.250 e. The van der Waals surface area contributed by atoms with Crippen molar-refractivity contribution in [1.82, 2.24) is 30.3 Å². The van der Waals surface area contributed by atoms with Gasteiger partial charge in [-0.3, -0.25) is 4.79 Å². The lowest BCUT2D eigenvalue weighted by Crippen LogP contribution is -2.10. The summed E-state index contributed by atoms with van der Waals surface area (Å²) in [5.74, 6) is 0.849. The quantitative estimate of drug-likeness (QED) is 0.577. The van der Waals surface area contributed by atoms with Crippen molar-refractivity contribution in [2.75, 3.05) is 0 Å². The molecule has 25 heavy (non-hydrogen) atoms. The van der Waals surface area contributed by atoms with Crippen LogP contribution in [0.3, 0.4) is 0 Å². The first-order chi connectivity index (χ1) is 12.2. The Morgan fingerprint density at radius 2 is 2.00 bits per heavy atom. The molecule has 3 aromatic heterocycles. The molecule has 1 aromatic carbocycles. The van der Waals surface area contributed by atoms with Gasteiger partial charge in [0.2, 0.25) is 17.6 Å². The van der Waals surface area contributed by atoms with E-state index in [2.05, 4.69) is 25.6 Å². The molecule has 3 heterocycles. The van der Waals surface area contributed by atoms with Crippen LogP contribution in [0.1, 0.15) is 16.2 Å². The van der Waals surface area contributed by atoms with Crippen molar-refractivity contribution < 1.29 is 9.32 Å². The third-order valence-electron chi connectivity index (χ3n) is 3.40. The monoisotopic (exact) mass is 353 g/mol. The molecule has 0 aliphatic rings. The number of primary amides is 1. The van der Waals surface area contributed by atoms with Crippen molar-refractivity contribution >= 4 is 17.2 Å². The molecule has 0 bridgehead atoms. The Kier molecular flexibility index (Phi) is 3.78. The third-order valence-corrected chi connectivity index (χ3v) is 4.09. The van der Waals surface area contributed by atoms with Crippen LogP contribution in [0.4, 0.5) is 0 Å². The molecule has 9 nitrogen and oxygen atoms in total. The second-order valence-electron chi connectivity index (χ2n) is 5.11. The summed E-state index contributed by atoms with van der Waals surface area (Å²) in [5.41, 5.74) is 7.27. The van der Waals surface area contributed by atoms with E-state index in [1.165, 1.54) is 4.80 Å². The summed E-state index contributed by atoms with van der Waals surface area (Å²) in [6.07, 6.45) is 0. The molecule has 10 heteroatoms. The predicted molar refractivity (Wildman–Crippen MR) is 88.5 cm³/mol. The van der Waals surface area contributed by atoms with E-state index >= 15 is 0 Å². The van der Waals surface area contributed by atoms with Gasteiger partial charge >= 0.3 is 0 Å². The van der Waals surface area contributed by atoms with E-state index in [9.17, 15) is 4.79 Å². The number of rotatable bonds is 5. The molecule has 0 unspecified atom stereocenters. The summed E-state index contributed by atoms with van der Waals surface area (Å²) < 4.78 is 5.21. The van der Waals surface area contributed by atoms with Gasteiger partial charge in [-0.2, -0.15) is 21.1 Å². The highest BCUT2D eigenvalue weighted by molar-refractivity contribution is 7.08. The molecule has 0 saturated heterocycles. The fourth-order valence-corrected chi connectivity index (χ4v) is 2.79. The summed E-state index contributed by atoms with van der Waals surface area (Å²) >= 11 is 1.56. The number of hydrogen-bond acceptors (Lipinski definition) is 8. The van der Waals surface area contributed by atoms with Crippen LogP contribution >= 0.6 is 11.3 Å². The van der Waals surface area contributed by atoms with Crippen molar-refractivity contribution in [3.05, 3.63) is 52.5 Å². The standard InChI is InChI=1S/C15H11N7O2S/c16-13(23)9-1-3-10(4-2-9)15-18-21-22(19-15)7-12-17-14(20-24-12)11-5-6-25-8-11/h1-6,8H,7H2,(H2,16,23). The van der Waals surface area contributed by atoms with E-state index in [0.717, 1.165) is 11.1 Å². The first kappa shape index (κ1) is 15.1. The maximum absolute atomic E-state index is 11.1. The van der Waals surface area contributed by atoms with Crippen LogP contribution in [-0.2, 0) is 6.54 Å². The van der Waals surface area contributed by atoms with Gasteiger partial charge in [-0.25, -0.2) is 0 Å². The van der Waals surface area contributed by atoms with E-state index in [-0.39, 0.29) is 6.54 Å². The van der Waals surface area contributed by atoms with Gasteiger partial charge in [0.1, 0.15) is 6.54 Å². The fourth-order valence-electron chi connectivity index (χ4n) is 2.16. The first-order valence-corrected chi connectivity index (χ1v) is 8.16. The predicted octanol–water partition coefficient (Wildman–Crippen LogP) is 1.60. The molecule has 0 fully saturated rings. The van der Waals surface area contributed by atoms with E-state index in [4.69, 9.17) is 10.3 Å². The molecule has 0 spiro atoms. The van der Waals surface area contributed by atoms with E-state index < -0.39 is 5.91 Å². The Bertz CT molecular complexity index is 1000. The maximum atomic E-state index is 11.1. The minimum Gasteiger partial charge on any atom is -0.366 e. The number of carbonyl (C=O) groups excluding carboxylic acids is 1. The lowest BCUT2D eigenvalue weighted by Gasteiger charge is -1.97. The zero-order valence-electron chi connectivity index (χ0n) is 12.7. The minimum absolute atomic E-state index is 0.212. The highest BCUT2D eigenvalue weighted by Gasteiger charge is 2.12. The number of aromatic nitrogens is 6. The lowest BCUT2D eigenvalue weighted by molar-refractivity contribution is 0.100. The maximum Gasteiger partial charge on any atom is 0.250 e. The minimum atomic E-state index is -0.485. The topological polar surface area (TPSA) is 126 Å². The molecule has 0 saturated carbocycles. The van der Waals surface area contributed by atoms with Crippen molar-refractivity contribution in [3.63, 3.8) is 0 Å². The van der Waals surface area contributed by atoms with Gasteiger partial charge in [-0.15, -0.1) is 10.2 Å². The molecular weight excluding hydrogens is 342 g/mol. The SMILES string of the molecule is NC(=O)c1ccc(-c2nnn(Cc3nc(-c4ccsc4)no3)n2)cc1. The molecule has 0 aliphatic heterocycles. The van der Waals surface area contributed by atoms with Crippen molar-refractivity contribution in [2.24, 2.45) is 5.73 Å². The Labute approximate surface area is 145 Å². The Morgan fingerprint density at radius 3 is 2.72 bits per heavy atom. The Balaban J connectivity index is 1.51. The second kappa shape index (κ2) is 6.24. The van der Waals surface area contributed by atoms with Crippen LogP contribution in [0.2, 0.25) is 0 Å². The van der Waals surface area contributed by atoms with Crippen LogP contribution in [-0.4, -0.2) is 36.3 Å². The van der Waals surface area contributed by atoms with Crippen LogP contribution in [0.25, 0.3) is 22.8 Å². The Hall–Kier alpha value is -3.40. The van der Waals surface area contributed by atoms with Gasteiger partial charge in [0.25, 0.3) is 5.89 Å². The molecule has 0 atom stereocenters. The van der Waals surface area contributed by atoms with Crippen LogP contribution < -0.4 is 5.73 Å².